The molecule has 3 heterocycles. The lowest BCUT2D eigenvalue weighted by Gasteiger charge is -2.35. The maximum atomic E-state index is 5.55. The zero-order chi connectivity index (χ0) is 19.0. The van der Waals surface area contributed by atoms with E-state index in [4.69, 9.17) is 14.5 Å². The maximum Gasteiger partial charge on any atom is 0.191 e. The van der Waals surface area contributed by atoms with E-state index in [1.54, 1.807) is 0 Å². The van der Waals surface area contributed by atoms with Gasteiger partial charge in [-0.2, -0.15) is 11.8 Å². The van der Waals surface area contributed by atoms with Gasteiger partial charge in [0.2, 0.25) is 0 Å². The minimum Gasteiger partial charge on any atom is -0.381 e. The molecule has 2 N–H and O–H groups in total. The van der Waals surface area contributed by atoms with Crippen LogP contribution in [0, 0.1) is 5.92 Å². The summed E-state index contributed by atoms with van der Waals surface area (Å²) in [6.45, 7) is 11.1. The van der Waals surface area contributed by atoms with Crippen molar-refractivity contribution in [2.45, 2.75) is 49.8 Å². The topological polar surface area (TPSA) is 58.1 Å². The van der Waals surface area contributed by atoms with Gasteiger partial charge in [0.25, 0.3) is 0 Å². The van der Waals surface area contributed by atoms with Gasteiger partial charge in [-0.1, -0.05) is 0 Å². The van der Waals surface area contributed by atoms with Crippen molar-refractivity contribution in [3.05, 3.63) is 0 Å². The first kappa shape index (κ1) is 21.2. The molecule has 0 spiro atoms. The predicted molar refractivity (Wildman–Crippen MR) is 114 cm³/mol. The van der Waals surface area contributed by atoms with Gasteiger partial charge in [0.05, 0.1) is 13.2 Å². The number of nitrogens with one attached hydrogen (secondary N) is 2. The minimum atomic E-state index is 0.243. The number of hydrogen-bond donors (Lipinski definition) is 2. The van der Waals surface area contributed by atoms with E-state index in [0.717, 1.165) is 64.2 Å². The number of likely N-dealkylation sites (tertiary alicyclic amines) is 1. The summed E-state index contributed by atoms with van der Waals surface area (Å²) in [6, 6.07) is 0.527. The number of aliphatic imine (C=N–C) groups is 1. The second-order valence-corrected chi connectivity index (χ2v) is 9.42. The summed E-state index contributed by atoms with van der Waals surface area (Å²) in [7, 11) is 0. The molecule has 0 amide bonds. The Morgan fingerprint density at radius 3 is 2.56 bits per heavy atom. The molecular formula is C20H38N4O2S. The number of ether oxygens (including phenoxy) is 2. The monoisotopic (exact) mass is 398 g/mol. The molecule has 0 aromatic rings. The fraction of sp³-hybridized carbons (Fsp3) is 0.950. The largest absolute Gasteiger partial charge is 0.381 e. The van der Waals surface area contributed by atoms with Crippen LogP contribution >= 0.6 is 11.8 Å². The van der Waals surface area contributed by atoms with Crippen LogP contribution in [-0.2, 0) is 9.47 Å². The van der Waals surface area contributed by atoms with Gasteiger partial charge in [0.1, 0.15) is 0 Å². The normalized spacial score (nSPS) is 27.6. The van der Waals surface area contributed by atoms with Gasteiger partial charge in [0, 0.05) is 56.8 Å². The van der Waals surface area contributed by atoms with Crippen molar-refractivity contribution < 1.29 is 9.47 Å². The van der Waals surface area contributed by atoms with Gasteiger partial charge >= 0.3 is 0 Å². The van der Waals surface area contributed by atoms with Crippen LogP contribution < -0.4 is 10.6 Å². The van der Waals surface area contributed by atoms with Gasteiger partial charge in [-0.05, 0) is 51.2 Å². The highest BCUT2D eigenvalue weighted by atomic mass is 32.2. The number of rotatable bonds is 7. The van der Waals surface area contributed by atoms with Gasteiger partial charge in [-0.25, -0.2) is 0 Å². The summed E-state index contributed by atoms with van der Waals surface area (Å²) in [5.74, 6) is 1.73. The molecule has 0 saturated carbocycles. The smallest absolute Gasteiger partial charge is 0.191 e. The Balaban J connectivity index is 1.46. The number of hydrogen-bond acceptors (Lipinski definition) is 5. The number of guanidine groups is 1. The highest BCUT2D eigenvalue weighted by Crippen LogP contribution is 2.34. The Morgan fingerprint density at radius 2 is 1.93 bits per heavy atom. The molecule has 3 rings (SSSR count). The van der Waals surface area contributed by atoms with E-state index >= 15 is 0 Å². The lowest BCUT2D eigenvalue weighted by Crippen LogP contribution is -2.49. The van der Waals surface area contributed by atoms with Crippen LogP contribution in [0.5, 0.6) is 0 Å². The second-order valence-electron chi connectivity index (χ2n) is 8.14. The zero-order valence-electron chi connectivity index (χ0n) is 17.2. The average molecular weight is 399 g/mol. The molecule has 1 atom stereocenters. The van der Waals surface area contributed by atoms with Crippen LogP contribution in [-0.4, -0.2) is 87.1 Å². The number of piperidine rings is 1. The fourth-order valence-corrected chi connectivity index (χ4v) is 5.03. The fourth-order valence-electron chi connectivity index (χ4n) is 4.26. The predicted octanol–water partition coefficient (Wildman–Crippen LogP) is 1.95. The third kappa shape index (κ3) is 6.51. The minimum absolute atomic E-state index is 0.243. The number of thioether (sulfide) groups is 1. The Labute approximate surface area is 169 Å². The van der Waals surface area contributed by atoms with Crippen molar-refractivity contribution >= 4 is 17.7 Å². The van der Waals surface area contributed by atoms with E-state index < -0.39 is 0 Å². The molecule has 0 bridgehead atoms. The molecular weight excluding hydrogens is 360 g/mol. The lowest BCUT2D eigenvalue weighted by atomic mass is 9.99. The maximum absolute atomic E-state index is 5.55. The summed E-state index contributed by atoms with van der Waals surface area (Å²) < 4.78 is 11.3. The summed E-state index contributed by atoms with van der Waals surface area (Å²) in [4.78, 5) is 7.58. The van der Waals surface area contributed by atoms with Crippen molar-refractivity contribution in [2.24, 2.45) is 10.9 Å². The molecule has 27 heavy (non-hydrogen) atoms. The first-order valence-corrected chi connectivity index (χ1v) is 11.9. The van der Waals surface area contributed by atoms with Crippen molar-refractivity contribution in [2.75, 3.05) is 65.4 Å². The lowest BCUT2D eigenvalue weighted by molar-refractivity contribution is 0.0794. The standard InChI is InChI=1S/C20H38N4O2S/c1-3-21-19(22-16-20(27-2)7-12-25-13-8-20)23-18-4-9-24(10-5-18)14-17-6-11-26-15-17/h17-18H,3-16H2,1-2H3,(H2,21,22,23). The van der Waals surface area contributed by atoms with Crippen LogP contribution in [0.2, 0.25) is 0 Å². The average Bonchev–Trinajstić information content (AvgIpc) is 3.22. The zero-order valence-corrected chi connectivity index (χ0v) is 18.0. The molecule has 0 aromatic heterocycles. The van der Waals surface area contributed by atoms with Gasteiger partial charge in [0.15, 0.2) is 5.96 Å². The third-order valence-corrected chi connectivity index (χ3v) is 7.58. The molecule has 0 aromatic carbocycles. The van der Waals surface area contributed by atoms with E-state index in [2.05, 4.69) is 28.7 Å². The summed E-state index contributed by atoms with van der Waals surface area (Å²) in [5.41, 5.74) is 0. The molecule has 3 aliphatic rings. The molecule has 6 nitrogen and oxygen atoms in total. The molecule has 0 aliphatic carbocycles. The van der Waals surface area contributed by atoms with E-state index in [9.17, 15) is 0 Å². The summed E-state index contributed by atoms with van der Waals surface area (Å²) in [6.07, 6.45) is 8.03. The number of nitrogens with zero attached hydrogens (tertiary/aromatic N) is 2. The van der Waals surface area contributed by atoms with Gasteiger partial charge in [-0.15, -0.1) is 0 Å². The van der Waals surface area contributed by atoms with Gasteiger partial charge in [-0.3, -0.25) is 4.99 Å². The van der Waals surface area contributed by atoms with Crippen molar-refractivity contribution in [3.63, 3.8) is 0 Å². The van der Waals surface area contributed by atoms with Crippen molar-refractivity contribution in [1.29, 1.82) is 0 Å². The van der Waals surface area contributed by atoms with E-state index in [1.165, 1.54) is 38.9 Å². The van der Waals surface area contributed by atoms with Crippen LogP contribution in [0.25, 0.3) is 0 Å². The van der Waals surface area contributed by atoms with Crippen LogP contribution in [0.1, 0.15) is 39.0 Å². The van der Waals surface area contributed by atoms with Crippen molar-refractivity contribution in [1.82, 2.24) is 15.5 Å². The molecule has 3 aliphatic heterocycles. The molecule has 3 saturated heterocycles. The van der Waals surface area contributed by atoms with Crippen molar-refractivity contribution in [3.8, 4) is 0 Å². The molecule has 156 valence electrons. The van der Waals surface area contributed by atoms with Crippen LogP contribution in [0.3, 0.4) is 0 Å². The van der Waals surface area contributed by atoms with E-state index in [1.807, 2.05) is 11.8 Å². The molecule has 3 fully saturated rings. The molecule has 1 unspecified atom stereocenters. The van der Waals surface area contributed by atoms with Gasteiger partial charge < -0.3 is 25.0 Å². The molecule has 7 heteroatoms. The highest BCUT2D eigenvalue weighted by Gasteiger charge is 2.32. The first-order chi connectivity index (χ1) is 13.2. The second kappa shape index (κ2) is 10.9. The molecule has 0 radical (unpaired) electrons. The quantitative estimate of drug-likeness (QED) is 0.505. The summed E-state index contributed by atoms with van der Waals surface area (Å²) in [5, 5.41) is 7.15. The Hall–Kier alpha value is -0.500. The SMILES string of the molecule is CCNC(=NCC1(SC)CCOCC1)NC1CCN(CC2CCOC2)CC1. The highest BCUT2D eigenvalue weighted by molar-refractivity contribution is 8.00. The third-order valence-electron chi connectivity index (χ3n) is 6.18. The van der Waals surface area contributed by atoms with Crippen LogP contribution in [0.15, 0.2) is 4.99 Å². The van der Waals surface area contributed by atoms with E-state index in [-0.39, 0.29) is 4.75 Å². The van der Waals surface area contributed by atoms with E-state index in [0.29, 0.717) is 6.04 Å². The first-order valence-electron chi connectivity index (χ1n) is 10.7. The Morgan fingerprint density at radius 1 is 1.15 bits per heavy atom. The Bertz CT molecular complexity index is 457. The summed E-state index contributed by atoms with van der Waals surface area (Å²) >= 11 is 1.96. The Kier molecular flexibility index (Phi) is 8.55. The van der Waals surface area contributed by atoms with Crippen LogP contribution in [0.4, 0.5) is 0 Å².